The third-order valence-electron chi connectivity index (χ3n) is 2.86. The van der Waals surface area contributed by atoms with E-state index >= 15 is 0 Å². The Kier molecular flexibility index (Phi) is 3.75. The van der Waals surface area contributed by atoms with Gasteiger partial charge in [0.25, 0.3) is 5.91 Å². The van der Waals surface area contributed by atoms with E-state index in [1.807, 2.05) is 27.1 Å². The van der Waals surface area contributed by atoms with E-state index in [2.05, 4.69) is 31.4 Å². The summed E-state index contributed by atoms with van der Waals surface area (Å²) in [6, 6.07) is -0.116. The van der Waals surface area contributed by atoms with Crippen LogP contribution in [0, 0.1) is 6.92 Å². The zero-order chi connectivity index (χ0) is 14.2. The van der Waals surface area contributed by atoms with E-state index in [9.17, 15) is 4.79 Å². The Morgan fingerprint density at radius 2 is 1.95 bits per heavy atom. The molecule has 0 radical (unpaired) electrons. The molecule has 1 atom stereocenters. The van der Waals surface area contributed by atoms with Gasteiger partial charge in [0.1, 0.15) is 0 Å². The van der Waals surface area contributed by atoms with Crippen LogP contribution in [0.5, 0.6) is 0 Å². The molecular weight excluding hydrogens is 310 g/mol. The summed E-state index contributed by atoms with van der Waals surface area (Å²) in [5.41, 5.74) is 2.30. The van der Waals surface area contributed by atoms with Gasteiger partial charge in [-0.3, -0.25) is 14.2 Å². The summed E-state index contributed by atoms with van der Waals surface area (Å²) < 4.78 is 4.02. The van der Waals surface area contributed by atoms with E-state index in [4.69, 9.17) is 0 Å². The molecule has 0 spiro atoms. The van der Waals surface area contributed by atoms with Gasteiger partial charge in [-0.05, 0) is 29.8 Å². The molecule has 0 unspecified atom stereocenters. The van der Waals surface area contributed by atoms with E-state index < -0.39 is 0 Å². The molecule has 0 aliphatic heterocycles. The lowest BCUT2D eigenvalue weighted by atomic mass is 10.1. The monoisotopic (exact) mass is 325 g/mol. The zero-order valence-corrected chi connectivity index (χ0v) is 12.9. The van der Waals surface area contributed by atoms with Crippen molar-refractivity contribution >= 4 is 21.8 Å². The molecule has 102 valence electrons. The third kappa shape index (κ3) is 2.86. The van der Waals surface area contributed by atoms with Gasteiger partial charge < -0.3 is 5.32 Å². The highest BCUT2D eigenvalue weighted by molar-refractivity contribution is 9.10. The average molecular weight is 326 g/mol. The largest absolute Gasteiger partial charge is 0.344 e. The summed E-state index contributed by atoms with van der Waals surface area (Å²) in [5, 5.41) is 11.3. The highest BCUT2D eigenvalue weighted by atomic mass is 79.9. The number of amides is 1. The number of nitrogens with zero attached hydrogens (tertiary/aromatic N) is 4. The van der Waals surface area contributed by atoms with E-state index in [0.717, 1.165) is 11.3 Å². The van der Waals surface area contributed by atoms with Crippen LogP contribution >= 0.6 is 15.9 Å². The number of carbonyl (C=O) groups is 1. The van der Waals surface area contributed by atoms with Crippen molar-refractivity contribution in [3.05, 3.63) is 33.8 Å². The van der Waals surface area contributed by atoms with Gasteiger partial charge >= 0.3 is 0 Å². The Labute approximate surface area is 119 Å². The van der Waals surface area contributed by atoms with Gasteiger partial charge in [-0.1, -0.05) is 0 Å². The number of nitrogens with one attached hydrogen (secondary N) is 1. The number of halogens is 1. The number of hydrogen-bond donors (Lipinski definition) is 1. The average Bonchev–Trinajstić information content (AvgIpc) is 2.81. The first-order valence-corrected chi connectivity index (χ1v) is 6.68. The molecule has 2 aromatic heterocycles. The number of rotatable bonds is 3. The molecule has 1 N–H and O–H groups in total. The first-order chi connectivity index (χ1) is 8.88. The zero-order valence-electron chi connectivity index (χ0n) is 11.3. The second kappa shape index (κ2) is 5.16. The summed E-state index contributed by atoms with van der Waals surface area (Å²) in [6.45, 7) is 3.85. The van der Waals surface area contributed by atoms with E-state index in [0.29, 0.717) is 10.2 Å². The van der Waals surface area contributed by atoms with Gasteiger partial charge in [0, 0.05) is 32.1 Å². The molecule has 6 nitrogen and oxygen atoms in total. The molecule has 0 saturated heterocycles. The molecule has 2 heterocycles. The highest BCUT2D eigenvalue weighted by Gasteiger charge is 2.19. The second-order valence-corrected chi connectivity index (χ2v) is 5.39. The minimum absolute atomic E-state index is 0.116. The smallest absolute Gasteiger partial charge is 0.273 e. The van der Waals surface area contributed by atoms with Crippen LogP contribution in [0.4, 0.5) is 0 Å². The van der Waals surface area contributed by atoms with Gasteiger partial charge in [0.2, 0.25) is 0 Å². The lowest BCUT2D eigenvalue weighted by molar-refractivity contribution is 0.0933. The number of aryl methyl sites for hydroxylation is 3. The van der Waals surface area contributed by atoms with Crippen molar-refractivity contribution in [1.29, 1.82) is 0 Å². The third-order valence-corrected chi connectivity index (χ3v) is 3.45. The summed E-state index contributed by atoms with van der Waals surface area (Å²) in [4.78, 5) is 12.1. The number of aromatic nitrogens is 4. The van der Waals surface area contributed by atoms with Crippen molar-refractivity contribution in [2.75, 3.05) is 0 Å². The van der Waals surface area contributed by atoms with E-state index in [1.165, 1.54) is 0 Å². The molecule has 0 fully saturated rings. The Morgan fingerprint density at radius 1 is 1.32 bits per heavy atom. The van der Waals surface area contributed by atoms with Crippen LogP contribution in [-0.4, -0.2) is 25.5 Å². The summed E-state index contributed by atoms with van der Waals surface area (Å²) in [5.74, 6) is -0.205. The van der Waals surface area contributed by atoms with Crippen LogP contribution < -0.4 is 5.32 Å². The SMILES string of the molecule is Cc1nn(C)cc1[C@@H](C)NC(=O)c1nn(C)cc1Br. The van der Waals surface area contributed by atoms with Crippen LogP contribution in [0.1, 0.15) is 34.7 Å². The predicted octanol–water partition coefficient (Wildman–Crippen LogP) is 1.72. The first kappa shape index (κ1) is 13.8. The minimum atomic E-state index is -0.205. The molecule has 0 aliphatic carbocycles. The predicted molar refractivity (Wildman–Crippen MR) is 74.7 cm³/mol. The Morgan fingerprint density at radius 3 is 2.42 bits per heavy atom. The fraction of sp³-hybridized carbons (Fsp3) is 0.417. The van der Waals surface area contributed by atoms with Crippen molar-refractivity contribution < 1.29 is 4.79 Å². The molecule has 0 bridgehead atoms. The normalized spacial score (nSPS) is 12.5. The molecule has 0 aromatic carbocycles. The van der Waals surface area contributed by atoms with Gasteiger partial charge in [0.15, 0.2) is 5.69 Å². The van der Waals surface area contributed by atoms with Crippen LogP contribution in [0.2, 0.25) is 0 Å². The van der Waals surface area contributed by atoms with Crippen LogP contribution in [0.3, 0.4) is 0 Å². The quantitative estimate of drug-likeness (QED) is 0.934. The topological polar surface area (TPSA) is 64.7 Å². The lowest BCUT2D eigenvalue weighted by Crippen LogP contribution is -2.27. The maximum Gasteiger partial charge on any atom is 0.273 e. The fourth-order valence-electron chi connectivity index (χ4n) is 2.00. The molecule has 0 saturated carbocycles. The second-order valence-electron chi connectivity index (χ2n) is 4.54. The van der Waals surface area contributed by atoms with Gasteiger partial charge in [-0.2, -0.15) is 10.2 Å². The van der Waals surface area contributed by atoms with Crippen LogP contribution in [-0.2, 0) is 14.1 Å². The van der Waals surface area contributed by atoms with Gasteiger partial charge in [0.05, 0.1) is 16.2 Å². The van der Waals surface area contributed by atoms with E-state index in [1.54, 1.807) is 22.6 Å². The first-order valence-electron chi connectivity index (χ1n) is 5.88. The Bertz CT molecular complexity index is 616. The number of hydrogen-bond acceptors (Lipinski definition) is 3. The van der Waals surface area contributed by atoms with Gasteiger partial charge in [-0.15, -0.1) is 0 Å². The molecule has 19 heavy (non-hydrogen) atoms. The molecular formula is C12H16BrN5O. The van der Waals surface area contributed by atoms with Gasteiger partial charge in [-0.25, -0.2) is 0 Å². The lowest BCUT2D eigenvalue weighted by Gasteiger charge is -2.12. The summed E-state index contributed by atoms with van der Waals surface area (Å²) in [7, 11) is 3.64. The fourth-order valence-corrected chi connectivity index (χ4v) is 2.55. The molecule has 2 aromatic rings. The molecule has 2 rings (SSSR count). The van der Waals surface area contributed by atoms with Crippen molar-refractivity contribution in [3.8, 4) is 0 Å². The Hall–Kier alpha value is -1.63. The van der Waals surface area contributed by atoms with Crippen molar-refractivity contribution in [3.63, 3.8) is 0 Å². The van der Waals surface area contributed by atoms with Crippen LogP contribution in [0.15, 0.2) is 16.9 Å². The Balaban J connectivity index is 2.15. The molecule has 7 heteroatoms. The van der Waals surface area contributed by atoms with Crippen molar-refractivity contribution in [1.82, 2.24) is 24.9 Å². The minimum Gasteiger partial charge on any atom is -0.344 e. The van der Waals surface area contributed by atoms with Crippen molar-refractivity contribution in [2.45, 2.75) is 19.9 Å². The summed E-state index contributed by atoms with van der Waals surface area (Å²) in [6.07, 6.45) is 3.66. The highest BCUT2D eigenvalue weighted by Crippen LogP contribution is 2.18. The maximum atomic E-state index is 12.1. The molecule has 0 aliphatic rings. The van der Waals surface area contributed by atoms with Crippen molar-refractivity contribution in [2.24, 2.45) is 14.1 Å². The number of carbonyl (C=O) groups excluding carboxylic acids is 1. The summed E-state index contributed by atoms with van der Waals surface area (Å²) >= 11 is 3.32. The van der Waals surface area contributed by atoms with Crippen LogP contribution in [0.25, 0.3) is 0 Å². The van der Waals surface area contributed by atoms with E-state index in [-0.39, 0.29) is 11.9 Å². The standard InChI is InChI=1S/C12H16BrN5O/c1-7(9-5-17(3)15-8(9)2)14-12(19)11-10(13)6-18(4)16-11/h5-7H,1-4H3,(H,14,19)/t7-/m1/s1. The maximum absolute atomic E-state index is 12.1. The molecule has 1 amide bonds.